The van der Waals surface area contributed by atoms with Crippen LogP contribution in [0.4, 0.5) is 8.78 Å². The van der Waals surface area contributed by atoms with Crippen molar-refractivity contribution < 1.29 is 29.9 Å². The fourth-order valence-electron chi connectivity index (χ4n) is 3.63. The van der Waals surface area contributed by atoms with Crippen molar-refractivity contribution in [2.24, 2.45) is 5.92 Å². The summed E-state index contributed by atoms with van der Waals surface area (Å²) in [5.74, 6) is -4.34. The van der Waals surface area contributed by atoms with E-state index in [2.05, 4.69) is 37.2 Å². The van der Waals surface area contributed by atoms with Crippen LogP contribution in [0.15, 0.2) is 36.5 Å². The number of carbonyl (C=O) groups excluding carboxylic acids is 1. The van der Waals surface area contributed by atoms with Crippen LogP contribution in [-0.2, 0) is 6.54 Å². The number of hydrogen-bond donors (Lipinski definition) is 1. The first-order valence-corrected chi connectivity index (χ1v) is 11.9. The predicted molar refractivity (Wildman–Crippen MR) is 129 cm³/mol. The van der Waals surface area contributed by atoms with Gasteiger partial charge in [-0.2, -0.15) is 0 Å². The molecule has 1 amide bonds. The number of amides is 1. The number of aromatic nitrogens is 4. The molecule has 1 saturated carbocycles. The van der Waals surface area contributed by atoms with Gasteiger partial charge in [-0.1, -0.05) is 0 Å². The summed E-state index contributed by atoms with van der Waals surface area (Å²) < 4.78 is 79.8. The van der Waals surface area contributed by atoms with Crippen LogP contribution >= 0.6 is 0 Å². The molecule has 1 aliphatic rings. The predicted octanol–water partition coefficient (Wildman–Crippen LogP) is 2.90. The first kappa shape index (κ1) is 18.7. The van der Waals surface area contributed by atoms with Crippen molar-refractivity contribution in [1.82, 2.24) is 24.9 Å². The van der Waals surface area contributed by atoms with E-state index in [1.807, 2.05) is 0 Å². The third kappa shape index (κ3) is 5.04. The topological polar surface area (TPSA) is 90.6 Å². The Morgan fingerprint density at radius 2 is 2.14 bits per heavy atom. The second-order valence-electron chi connectivity index (χ2n) is 8.26. The molecule has 4 aromatic rings. The van der Waals surface area contributed by atoms with Crippen LogP contribution in [0, 0.1) is 24.5 Å². The molecule has 1 aromatic carbocycles. The Morgan fingerprint density at radius 3 is 2.92 bits per heavy atom. The van der Waals surface area contributed by atoms with Gasteiger partial charge in [0, 0.05) is 6.07 Å². The minimum Gasteiger partial charge on any atom is -0.490 e. The Labute approximate surface area is 221 Å². The maximum absolute atomic E-state index is 14.7. The van der Waals surface area contributed by atoms with Crippen molar-refractivity contribution in [3.63, 3.8) is 0 Å². The monoisotopic (exact) mass is 558 g/mol. The summed E-state index contributed by atoms with van der Waals surface area (Å²) in [6, 6.07) is 6.33. The van der Waals surface area contributed by atoms with E-state index in [9.17, 15) is 13.6 Å². The van der Waals surface area contributed by atoms with Gasteiger partial charge in [0.25, 0.3) is 0 Å². The van der Waals surface area contributed by atoms with Gasteiger partial charge in [0.2, 0.25) is 0 Å². The second-order valence-corrected chi connectivity index (χ2v) is 9.10. The maximum atomic E-state index is 14.7. The summed E-state index contributed by atoms with van der Waals surface area (Å²) in [4.78, 5) is 21.9. The molecule has 0 saturated heterocycles. The van der Waals surface area contributed by atoms with Crippen LogP contribution in [-0.4, -0.2) is 55.9 Å². The molecule has 0 aliphatic heterocycles. The molecular formula is C25H22AsF2N5O3. The number of aryl methyl sites for hydroxylation is 1. The van der Waals surface area contributed by atoms with E-state index in [-0.39, 0.29) is 11.1 Å². The zero-order valence-corrected chi connectivity index (χ0v) is 20.8. The van der Waals surface area contributed by atoms with Gasteiger partial charge >= 0.3 is 150 Å². The summed E-state index contributed by atoms with van der Waals surface area (Å²) in [5, 5.41) is 6.70. The first-order chi connectivity index (χ1) is 19.2. The number of fused-ring (bicyclic) bond motifs is 1. The van der Waals surface area contributed by atoms with Crippen LogP contribution < -0.4 is 19.4 Å². The van der Waals surface area contributed by atoms with E-state index in [0.29, 0.717) is 46.0 Å². The number of rotatable bonds is 8. The fraction of sp³-hybridized carbons (Fsp3) is 0.280. The van der Waals surface area contributed by atoms with Crippen molar-refractivity contribution in [2.75, 3.05) is 13.6 Å². The van der Waals surface area contributed by atoms with E-state index >= 15 is 0 Å². The zero-order valence-electron chi connectivity index (χ0n) is 23.9. The first-order valence-electron chi connectivity index (χ1n) is 13.4. The molecule has 5 rings (SSSR count). The summed E-state index contributed by atoms with van der Waals surface area (Å²) in [7, 11) is -2.92. The van der Waals surface area contributed by atoms with Crippen molar-refractivity contribution in [2.45, 2.75) is 26.3 Å². The van der Waals surface area contributed by atoms with Crippen LogP contribution in [0.25, 0.3) is 16.8 Å². The molecule has 11 heteroatoms. The molecule has 0 unspecified atom stereocenters. The molecule has 1 aliphatic carbocycles. The van der Waals surface area contributed by atoms with E-state index < -0.39 is 55.2 Å². The van der Waals surface area contributed by atoms with Gasteiger partial charge in [0.05, 0.1) is 9.30 Å². The Bertz CT molecular complexity index is 1660. The zero-order chi connectivity index (χ0) is 29.7. The number of nitrogens with zero attached hydrogens (tertiary/aromatic N) is 4. The molecule has 184 valence electrons. The van der Waals surface area contributed by atoms with Crippen LogP contribution in [0.1, 0.15) is 41.3 Å². The molecule has 3 aromatic heterocycles. The van der Waals surface area contributed by atoms with E-state index in [1.54, 1.807) is 29.8 Å². The Kier molecular flexibility index (Phi) is 5.12. The minimum atomic E-state index is -2.92. The molecule has 2 radical (unpaired) electrons. The Morgan fingerprint density at radius 1 is 1.31 bits per heavy atom. The van der Waals surface area contributed by atoms with Gasteiger partial charge in [-0.15, -0.1) is 0 Å². The third-order valence-corrected chi connectivity index (χ3v) is 5.98. The third-order valence-electron chi connectivity index (χ3n) is 5.59. The van der Waals surface area contributed by atoms with Crippen molar-refractivity contribution >= 4 is 33.0 Å². The summed E-state index contributed by atoms with van der Waals surface area (Å²) in [6.07, 6.45) is 2.81. The van der Waals surface area contributed by atoms with Gasteiger partial charge < -0.3 is 4.74 Å². The molecule has 8 nitrogen and oxygen atoms in total. The quantitative estimate of drug-likeness (QED) is 0.335. The van der Waals surface area contributed by atoms with Gasteiger partial charge in [-0.25, -0.2) is 8.78 Å². The number of methoxy groups -OCH3 is 1. The molecule has 3 heterocycles. The van der Waals surface area contributed by atoms with E-state index in [4.69, 9.17) is 16.3 Å². The van der Waals surface area contributed by atoms with Gasteiger partial charge in [0.15, 0.2) is 11.6 Å². The molecule has 0 atom stereocenters. The normalized spacial score (nSPS) is 15.9. The SMILES string of the molecule is [2H]C([2H])([2H])Oc1nc(C)c(-c2ccn3nc([As])nc3c2)cc1C(=O)NCc1cc(F)cc(F)c1OC([2H])([2H])C1CC1. The smallest absolute Gasteiger partial charge is 0.490 e. The Hall–Kier alpha value is -3.52. The van der Waals surface area contributed by atoms with Gasteiger partial charge in [0.1, 0.15) is 5.82 Å². The average Bonchev–Trinajstić information content (AvgIpc) is 3.65. The minimum absolute atomic E-state index is 0.148. The Balaban J connectivity index is 1.48. The molecule has 36 heavy (non-hydrogen) atoms. The number of nitrogens with one attached hydrogen (secondary N) is 1. The molecule has 0 spiro atoms. The number of carbonyl (C=O) groups is 1. The van der Waals surface area contributed by atoms with Gasteiger partial charge in [-0.3, -0.25) is 0 Å². The number of pyridine rings is 2. The standard InChI is InChI=1S/C25H22AsF2N5O3/c1-13-18(15-5-6-33-21(8-15)31-25(26)32-33)10-19(24(30-13)35-2)23(34)29-11-16-7-17(27)9-20(28)22(16)36-12-14-3-4-14/h5-10,14H,3-4,11-12H2,1-2H3,(H,29,34)/i2D3,12D2. The number of hydrogen-bond acceptors (Lipinski definition) is 6. The molecule has 0 bridgehead atoms. The second kappa shape index (κ2) is 9.85. The average molecular weight is 558 g/mol. The van der Waals surface area contributed by atoms with Crippen LogP contribution in [0.2, 0.25) is 0 Å². The van der Waals surface area contributed by atoms with Crippen molar-refractivity contribution in [3.05, 3.63) is 65.0 Å². The van der Waals surface area contributed by atoms with Gasteiger partial charge in [-0.05, 0) is 24.8 Å². The summed E-state index contributed by atoms with van der Waals surface area (Å²) in [6.45, 7) is -1.04. The van der Waals surface area contributed by atoms with Crippen molar-refractivity contribution in [3.8, 4) is 22.8 Å². The molecular weight excluding hydrogens is 531 g/mol. The molecule has 1 N–H and O–H groups in total. The number of benzene rings is 1. The van der Waals surface area contributed by atoms with Crippen molar-refractivity contribution in [1.29, 1.82) is 0 Å². The van der Waals surface area contributed by atoms with E-state index in [1.165, 1.54) is 6.07 Å². The van der Waals surface area contributed by atoms with Crippen LogP contribution in [0.5, 0.6) is 11.6 Å². The van der Waals surface area contributed by atoms with E-state index in [0.717, 1.165) is 6.07 Å². The number of halogens is 2. The number of ether oxygens (including phenoxy) is 2. The van der Waals surface area contributed by atoms with Crippen LogP contribution in [0.3, 0.4) is 0 Å². The molecule has 1 fully saturated rings. The fourth-order valence-corrected chi connectivity index (χ4v) is 4.04. The summed E-state index contributed by atoms with van der Waals surface area (Å²) in [5.41, 5.74) is 1.58. The summed E-state index contributed by atoms with van der Waals surface area (Å²) >= 11 is 2.23.